The van der Waals surface area contributed by atoms with Crippen LogP contribution in [0.3, 0.4) is 0 Å². The lowest BCUT2D eigenvalue weighted by Crippen LogP contribution is -2.20. The van der Waals surface area contributed by atoms with Crippen LogP contribution < -0.4 is 11.1 Å². The van der Waals surface area contributed by atoms with Gasteiger partial charge in [0.2, 0.25) is 5.95 Å². The monoisotopic (exact) mass is 220 g/mol. The van der Waals surface area contributed by atoms with Gasteiger partial charge in [-0.05, 0) is 31.2 Å². The normalized spacial score (nSPS) is 26.1. The first kappa shape index (κ1) is 11.2. The zero-order valence-electron chi connectivity index (χ0n) is 9.82. The Labute approximate surface area is 96.7 Å². The molecule has 0 amide bonds. The zero-order valence-corrected chi connectivity index (χ0v) is 9.82. The summed E-state index contributed by atoms with van der Waals surface area (Å²) in [6.45, 7) is 2.33. The molecule has 1 saturated carbocycles. The first-order valence-electron chi connectivity index (χ1n) is 6.09. The van der Waals surface area contributed by atoms with E-state index in [1.807, 2.05) is 0 Å². The van der Waals surface area contributed by atoms with Crippen LogP contribution in [0.2, 0.25) is 0 Å². The van der Waals surface area contributed by atoms with Crippen molar-refractivity contribution in [1.29, 1.82) is 0 Å². The van der Waals surface area contributed by atoms with Crippen molar-refractivity contribution in [2.24, 2.45) is 5.92 Å². The van der Waals surface area contributed by atoms with Gasteiger partial charge in [-0.3, -0.25) is 0 Å². The van der Waals surface area contributed by atoms with E-state index in [1.165, 1.54) is 32.1 Å². The highest BCUT2D eigenvalue weighted by Gasteiger charge is 2.16. The van der Waals surface area contributed by atoms with Crippen molar-refractivity contribution >= 4 is 11.8 Å². The van der Waals surface area contributed by atoms with Crippen LogP contribution in [0.1, 0.15) is 39.0 Å². The molecule has 0 saturated heterocycles. The molecule has 1 heterocycles. The highest BCUT2D eigenvalue weighted by molar-refractivity contribution is 5.35. The Morgan fingerprint density at radius 3 is 3.00 bits per heavy atom. The average Bonchev–Trinajstić information content (AvgIpc) is 2.44. The van der Waals surface area contributed by atoms with Crippen molar-refractivity contribution in [2.75, 3.05) is 11.1 Å². The number of nitrogens with one attached hydrogen (secondary N) is 1. The van der Waals surface area contributed by atoms with E-state index in [2.05, 4.69) is 22.2 Å². The van der Waals surface area contributed by atoms with E-state index in [0.717, 1.165) is 5.92 Å². The minimum Gasteiger partial charge on any atom is -0.384 e. The van der Waals surface area contributed by atoms with Crippen LogP contribution in [0.5, 0.6) is 0 Å². The Kier molecular flexibility index (Phi) is 3.59. The van der Waals surface area contributed by atoms with Crippen LogP contribution in [-0.4, -0.2) is 16.0 Å². The molecule has 1 aromatic heterocycles. The second-order valence-electron chi connectivity index (χ2n) is 4.76. The fraction of sp³-hybridized carbons (Fsp3) is 0.667. The van der Waals surface area contributed by atoms with Crippen molar-refractivity contribution < 1.29 is 0 Å². The summed E-state index contributed by atoms with van der Waals surface area (Å²) in [5, 5.41) is 3.38. The second kappa shape index (κ2) is 5.14. The van der Waals surface area contributed by atoms with Crippen LogP contribution in [-0.2, 0) is 0 Å². The van der Waals surface area contributed by atoms with Gasteiger partial charge < -0.3 is 11.1 Å². The van der Waals surface area contributed by atoms with Crippen molar-refractivity contribution in [1.82, 2.24) is 9.97 Å². The molecular formula is C12H20N4. The lowest BCUT2D eigenvalue weighted by Gasteiger charge is -2.16. The van der Waals surface area contributed by atoms with Crippen molar-refractivity contribution in [2.45, 2.75) is 45.1 Å². The van der Waals surface area contributed by atoms with E-state index < -0.39 is 0 Å². The molecule has 2 unspecified atom stereocenters. The standard InChI is InChI=1S/C12H20N4/c1-9-3-2-4-10(6-5-9)15-12-14-8-7-11(13)16-12/h7-10H,2-6H2,1H3,(H3,13,14,15,16). The Bertz CT molecular complexity index is 340. The van der Waals surface area contributed by atoms with Gasteiger partial charge >= 0.3 is 0 Å². The van der Waals surface area contributed by atoms with E-state index in [-0.39, 0.29) is 0 Å². The first-order valence-corrected chi connectivity index (χ1v) is 6.09. The molecule has 0 spiro atoms. The van der Waals surface area contributed by atoms with Gasteiger partial charge in [0.05, 0.1) is 0 Å². The summed E-state index contributed by atoms with van der Waals surface area (Å²) in [6, 6.07) is 2.21. The maximum Gasteiger partial charge on any atom is 0.224 e. The first-order chi connectivity index (χ1) is 7.74. The predicted octanol–water partition coefficient (Wildman–Crippen LogP) is 2.44. The lowest BCUT2D eigenvalue weighted by molar-refractivity contribution is 0.501. The molecule has 88 valence electrons. The number of hydrogen-bond acceptors (Lipinski definition) is 4. The molecule has 0 radical (unpaired) electrons. The molecule has 0 bridgehead atoms. The van der Waals surface area contributed by atoms with E-state index >= 15 is 0 Å². The molecule has 4 heteroatoms. The van der Waals surface area contributed by atoms with Crippen LogP contribution in [0, 0.1) is 5.92 Å². The summed E-state index contributed by atoms with van der Waals surface area (Å²) < 4.78 is 0. The van der Waals surface area contributed by atoms with Crippen LogP contribution >= 0.6 is 0 Å². The zero-order chi connectivity index (χ0) is 11.4. The smallest absolute Gasteiger partial charge is 0.224 e. The fourth-order valence-corrected chi connectivity index (χ4v) is 2.26. The number of nitrogens with zero attached hydrogens (tertiary/aromatic N) is 2. The molecule has 1 aliphatic rings. The number of anilines is 2. The van der Waals surface area contributed by atoms with E-state index in [9.17, 15) is 0 Å². The Balaban J connectivity index is 1.93. The quantitative estimate of drug-likeness (QED) is 0.751. The minimum atomic E-state index is 0.506. The molecule has 3 N–H and O–H groups in total. The summed E-state index contributed by atoms with van der Waals surface area (Å²) in [5.41, 5.74) is 5.63. The summed E-state index contributed by atoms with van der Waals surface area (Å²) >= 11 is 0. The number of rotatable bonds is 2. The third kappa shape index (κ3) is 3.08. The Morgan fingerprint density at radius 2 is 2.19 bits per heavy atom. The molecule has 1 aliphatic carbocycles. The van der Waals surface area contributed by atoms with E-state index in [1.54, 1.807) is 12.3 Å². The molecule has 2 rings (SSSR count). The number of nitrogens with two attached hydrogens (primary N) is 1. The van der Waals surface area contributed by atoms with Gasteiger partial charge in [-0.15, -0.1) is 0 Å². The Hall–Kier alpha value is -1.32. The van der Waals surface area contributed by atoms with Crippen LogP contribution in [0.25, 0.3) is 0 Å². The molecule has 4 nitrogen and oxygen atoms in total. The molecule has 2 atom stereocenters. The maximum absolute atomic E-state index is 5.63. The maximum atomic E-state index is 5.63. The third-order valence-corrected chi connectivity index (χ3v) is 3.27. The lowest BCUT2D eigenvalue weighted by atomic mass is 10.0. The number of nitrogen functional groups attached to an aromatic ring is 1. The van der Waals surface area contributed by atoms with Crippen molar-refractivity contribution in [3.63, 3.8) is 0 Å². The van der Waals surface area contributed by atoms with Gasteiger partial charge in [0.25, 0.3) is 0 Å². The molecule has 0 aliphatic heterocycles. The second-order valence-corrected chi connectivity index (χ2v) is 4.76. The highest BCUT2D eigenvalue weighted by atomic mass is 15.1. The summed E-state index contributed by atoms with van der Waals surface area (Å²) in [5.74, 6) is 2.05. The topological polar surface area (TPSA) is 63.8 Å². The largest absolute Gasteiger partial charge is 0.384 e. The number of aromatic nitrogens is 2. The summed E-state index contributed by atoms with van der Waals surface area (Å²) in [4.78, 5) is 8.35. The Morgan fingerprint density at radius 1 is 1.31 bits per heavy atom. The van der Waals surface area contributed by atoms with Crippen molar-refractivity contribution in [3.05, 3.63) is 12.3 Å². The van der Waals surface area contributed by atoms with Gasteiger partial charge in [-0.1, -0.05) is 19.8 Å². The van der Waals surface area contributed by atoms with E-state index in [4.69, 9.17) is 5.73 Å². The third-order valence-electron chi connectivity index (χ3n) is 3.27. The average molecular weight is 220 g/mol. The SMILES string of the molecule is CC1CCCC(Nc2nccc(N)n2)CC1. The van der Waals surface area contributed by atoms with Gasteiger partial charge in [-0.2, -0.15) is 4.98 Å². The van der Waals surface area contributed by atoms with Gasteiger partial charge in [-0.25, -0.2) is 4.98 Å². The predicted molar refractivity (Wildman–Crippen MR) is 66.1 cm³/mol. The van der Waals surface area contributed by atoms with Crippen LogP contribution in [0.15, 0.2) is 12.3 Å². The van der Waals surface area contributed by atoms with Gasteiger partial charge in [0, 0.05) is 12.2 Å². The number of hydrogen-bond donors (Lipinski definition) is 2. The van der Waals surface area contributed by atoms with Crippen LogP contribution in [0.4, 0.5) is 11.8 Å². The summed E-state index contributed by atoms with van der Waals surface area (Å²) in [6.07, 6.45) is 8.04. The minimum absolute atomic E-state index is 0.506. The van der Waals surface area contributed by atoms with Crippen molar-refractivity contribution in [3.8, 4) is 0 Å². The molecule has 1 aromatic rings. The molecular weight excluding hydrogens is 200 g/mol. The van der Waals surface area contributed by atoms with E-state index in [0.29, 0.717) is 17.8 Å². The van der Waals surface area contributed by atoms with Gasteiger partial charge in [0.15, 0.2) is 0 Å². The molecule has 1 fully saturated rings. The molecule has 0 aromatic carbocycles. The fourth-order valence-electron chi connectivity index (χ4n) is 2.26. The highest BCUT2D eigenvalue weighted by Crippen LogP contribution is 2.24. The summed E-state index contributed by atoms with van der Waals surface area (Å²) in [7, 11) is 0. The van der Waals surface area contributed by atoms with Gasteiger partial charge in [0.1, 0.15) is 5.82 Å². The molecule has 16 heavy (non-hydrogen) atoms.